The standard InChI is InChI=1S/C14H20N2O/c1-3-10(2)14-5-4-11(7-15-14)16-8-13-6-12(16)9-17-13/h4-5,7,10,12-13H,3,6,8-9H2,1-2H3/t10?,12-,13-/m0/s1. The molecule has 1 aromatic heterocycles. The third kappa shape index (κ3) is 1.93. The lowest BCUT2D eigenvalue weighted by Crippen LogP contribution is -2.36. The van der Waals surface area contributed by atoms with Crippen molar-refractivity contribution >= 4 is 5.69 Å². The highest BCUT2D eigenvalue weighted by Gasteiger charge is 2.39. The van der Waals surface area contributed by atoms with E-state index >= 15 is 0 Å². The lowest BCUT2D eigenvalue weighted by Gasteiger charge is -2.28. The molecule has 17 heavy (non-hydrogen) atoms. The Hall–Kier alpha value is -1.09. The maximum atomic E-state index is 5.62. The third-order valence-corrected chi connectivity index (χ3v) is 4.12. The first-order valence-corrected chi connectivity index (χ1v) is 6.62. The number of anilines is 1. The van der Waals surface area contributed by atoms with Crippen molar-refractivity contribution in [2.45, 2.75) is 44.8 Å². The number of hydrogen-bond acceptors (Lipinski definition) is 3. The molecular formula is C14H20N2O. The van der Waals surface area contributed by atoms with Crippen molar-refractivity contribution in [2.75, 3.05) is 18.1 Å². The summed E-state index contributed by atoms with van der Waals surface area (Å²) in [6, 6.07) is 4.97. The molecule has 2 aliphatic rings. The molecule has 0 spiro atoms. The molecular weight excluding hydrogens is 212 g/mol. The molecule has 2 fully saturated rings. The quantitative estimate of drug-likeness (QED) is 0.801. The molecule has 0 radical (unpaired) electrons. The second kappa shape index (κ2) is 4.30. The van der Waals surface area contributed by atoms with E-state index in [-0.39, 0.29) is 0 Å². The van der Waals surface area contributed by atoms with E-state index in [2.05, 4.69) is 35.9 Å². The van der Waals surface area contributed by atoms with Crippen molar-refractivity contribution in [3.8, 4) is 0 Å². The van der Waals surface area contributed by atoms with E-state index in [1.807, 2.05) is 6.20 Å². The molecule has 0 aliphatic carbocycles. The van der Waals surface area contributed by atoms with Gasteiger partial charge in [-0.3, -0.25) is 4.98 Å². The molecule has 2 saturated heterocycles. The van der Waals surface area contributed by atoms with Gasteiger partial charge in [0.15, 0.2) is 0 Å². The minimum Gasteiger partial charge on any atom is -0.374 e. The Bertz CT molecular complexity index is 390. The monoisotopic (exact) mass is 232 g/mol. The summed E-state index contributed by atoms with van der Waals surface area (Å²) < 4.78 is 5.62. The van der Waals surface area contributed by atoms with Gasteiger partial charge in [-0.1, -0.05) is 13.8 Å². The van der Waals surface area contributed by atoms with Gasteiger partial charge in [0.05, 0.1) is 30.6 Å². The summed E-state index contributed by atoms with van der Waals surface area (Å²) >= 11 is 0. The molecule has 0 aromatic carbocycles. The van der Waals surface area contributed by atoms with Crippen LogP contribution in [0.1, 0.15) is 38.3 Å². The van der Waals surface area contributed by atoms with Crippen molar-refractivity contribution in [3.63, 3.8) is 0 Å². The van der Waals surface area contributed by atoms with Crippen LogP contribution in [0, 0.1) is 0 Å². The Morgan fingerprint density at radius 1 is 1.53 bits per heavy atom. The average molecular weight is 232 g/mol. The number of fused-ring (bicyclic) bond motifs is 2. The lowest BCUT2D eigenvalue weighted by atomic mass is 10.0. The topological polar surface area (TPSA) is 25.4 Å². The molecule has 3 heterocycles. The van der Waals surface area contributed by atoms with Crippen LogP contribution in [0.2, 0.25) is 0 Å². The Kier molecular flexibility index (Phi) is 2.79. The molecule has 3 rings (SSSR count). The van der Waals surface area contributed by atoms with Crippen molar-refractivity contribution in [1.82, 2.24) is 4.98 Å². The molecule has 0 amide bonds. The van der Waals surface area contributed by atoms with Crippen molar-refractivity contribution in [1.29, 1.82) is 0 Å². The van der Waals surface area contributed by atoms with Crippen LogP contribution in [-0.2, 0) is 4.74 Å². The van der Waals surface area contributed by atoms with Crippen molar-refractivity contribution in [2.24, 2.45) is 0 Å². The zero-order valence-electron chi connectivity index (χ0n) is 10.6. The minimum atomic E-state index is 0.453. The van der Waals surface area contributed by atoms with E-state index in [0.717, 1.165) is 19.6 Å². The van der Waals surface area contributed by atoms with Gasteiger partial charge in [0, 0.05) is 12.2 Å². The molecule has 2 bridgehead atoms. The fourth-order valence-electron chi connectivity index (χ4n) is 2.78. The highest BCUT2D eigenvalue weighted by Crippen LogP contribution is 2.32. The van der Waals surface area contributed by atoms with Crippen LogP contribution in [0.4, 0.5) is 5.69 Å². The maximum Gasteiger partial charge on any atom is 0.0771 e. The van der Waals surface area contributed by atoms with Crippen LogP contribution in [-0.4, -0.2) is 30.3 Å². The van der Waals surface area contributed by atoms with Gasteiger partial charge in [-0.15, -0.1) is 0 Å². The fourth-order valence-corrected chi connectivity index (χ4v) is 2.78. The van der Waals surface area contributed by atoms with Gasteiger partial charge in [0.2, 0.25) is 0 Å². The minimum absolute atomic E-state index is 0.453. The Balaban J connectivity index is 1.76. The smallest absolute Gasteiger partial charge is 0.0771 e. The SMILES string of the molecule is CCC(C)c1ccc(N2C[C@@H]3C[C@H]2CO3)cn1. The third-order valence-electron chi connectivity index (χ3n) is 4.12. The van der Waals surface area contributed by atoms with Crippen LogP contribution in [0.3, 0.4) is 0 Å². The van der Waals surface area contributed by atoms with Crippen molar-refractivity contribution in [3.05, 3.63) is 24.0 Å². The summed E-state index contributed by atoms with van der Waals surface area (Å²) in [5, 5.41) is 0. The lowest BCUT2D eigenvalue weighted by molar-refractivity contribution is 0.0991. The summed E-state index contributed by atoms with van der Waals surface area (Å²) in [5.41, 5.74) is 2.46. The normalized spacial score (nSPS) is 28.7. The molecule has 3 nitrogen and oxygen atoms in total. The predicted molar refractivity (Wildman–Crippen MR) is 68.4 cm³/mol. The zero-order chi connectivity index (χ0) is 11.8. The molecule has 2 aliphatic heterocycles. The molecule has 1 unspecified atom stereocenters. The summed E-state index contributed by atoms with van der Waals surface area (Å²) in [7, 11) is 0. The number of rotatable bonds is 3. The highest BCUT2D eigenvalue weighted by molar-refractivity contribution is 5.48. The molecule has 3 heteroatoms. The maximum absolute atomic E-state index is 5.62. The van der Waals surface area contributed by atoms with Crippen LogP contribution in [0.25, 0.3) is 0 Å². The molecule has 1 aromatic rings. The summed E-state index contributed by atoms with van der Waals surface area (Å²) in [6.45, 7) is 6.36. The predicted octanol–water partition coefficient (Wildman–Crippen LogP) is 2.57. The number of morpholine rings is 1. The first-order chi connectivity index (χ1) is 8.28. The van der Waals surface area contributed by atoms with E-state index in [4.69, 9.17) is 4.74 Å². The van der Waals surface area contributed by atoms with Gasteiger partial charge >= 0.3 is 0 Å². The van der Waals surface area contributed by atoms with Crippen LogP contribution in [0.15, 0.2) is 18.3 Å². The Labute approximate surface area is 103 Å². The van der Waals surface area contributed by atoms with E-state index in [0.29, 0.717) is 18.1 Å². The van der Waals surface area contributed by atoms with Gasteiger partial charge in [0.25, 0.3) is 0 Å². The first-order valence-electron chi connectivity index (χ1n) is 6.62. The number of pyridine rings is 1. The van der Waals surface area contributed by atoms with Gasteiger partial charge in [-0.05, 0) is 30.9 Å². The molecule has 0 N–H and O–H groups in total. The average Bonchev–Trinajstić information content (AvgIpc) is 3.00. The van der Waals surface area contributed by atoms with Crippen LogP contribution >= 0.6 is 0 Å². The molecule has 3 atom stereocenters. The zero-order valence-corrected chi connectivity index (χ0v) is 10.6. The summed E-state index contributed by atoms with van der Waals surface area (Å²) in [4.78, 5) is 7.04. The van der Waals surface area contributed by atoms with Gasteiger partial charge in [0.1, 0.15) is 0 Å². The first kappa shape index (κ1) is 11.0. The number of nitrogens with zero attached hydrogens (tertiary/aromatic N) is 2. The second-order valence-corrected chi connectivity index (χ2v) is 5.25. The fraction of sp³-hybridized carbons (Fsp3) is 0.643. The summed E-state index contributed by atoms with van der Waals surface area (Å²) in [6.07, 6.45) is 4.82. The number of ether oxygens (including phenoxy) is 1. The second-order valence-electron chi connectivity index (χ2n) is 5.25. The highest BCUT2D eigenvalue weighted by atomic mass is 16.5. The van der Waals surface area contributed by atoms with Crippen LogP contribution in [0.5, 0.6) is 0 Å². The summed E-state index contributed by atoms with van der Waals surface area (Å²) in [5.74, 6) is 0.558. The Morgan fingerprint density at radius 3 is 2.94 bits per heavy atom. The van der Waals surface area contributed by atoms with E-state index in [9.17, 15) is 0 Å². The largest absolute Gasteiger partial charge is 0.374 e. The number of aromatic nitrogens is 1. The van der Waals surface area contributed by atoms with Crippen LogP contribution < -0.4 is 4.90 Å². The molecule has 92 valence electrons. The van der Waals surface area contributed by atoms with Gasteiger partial charge in [-0.2, -0.15) is 0 Å². The van der Waals surface area contributed by atoms with E-state index in [1.165, 1.54) is 17.8 Å². The molecule has 0 saturated carbocycles. The van der Waals surface area contributed by atoms with E-state index in [1.54, 1.807) is 0 Å². The van der Waals surface area contributed by atoms with E-state index < -0.39 is 0 Å². The van der Waals surface area contributed by atoms with Gasteiger partial charge < -0.3 is 9.64 Å². The number of hydrogen-bond donors (Lipinski definition) is 0. The Morgan fingerprint density at radius 2 is 2.41 bits per heavy atom. The van der Waals surface area contributed by atoms with Crippen molar-refractivity contribution < 1.29 is 4.74 Å². The van der Waals surface area contributed by atoms with Gasteiger partial charge in [-0.25, -0.2) is 0 Å².